The normalized spacial score (nSPS) is 14.4. The third kappa shape index (κ3) is 5.03. The number of hydrogen-bond acceptors (Lipinski definition) is 7. The van der Waals surface area contributed by atoms with Crippen LogP contribution in [0, 0.1) is 0 Å². The molecular weight excluding hydrogens is 512 g/mol. The van der Waals surface area contributed by atoms with Crippen molar-refractivity contribution in [3.8, 4) is 34.2 Å². The fourth-order valence-corrected chi connectivity index (χ4v) is 5.63. The molecule has 202 valence electrons. The Hall–Kier alpha value is -5.02. The maximum Gasteiger partial charge on any atom is 0.326 e. The van der Waals surface area contributed by atoms with Crippen LogP contribution >= 0.6 is 0 Å². The Labute approximate surface area is 236 Å². The fraction of sp³-hybridized carbons (Fsp3) is 0.188. The van der Waals surface area contributed by atoms with Crippen molar-refractivity contribution >= 4 is 11.0 Å². The Balaban J connectivity index is 1.10. The van der Waals surface area contributed by atoms with Gasteiger partial charge in [-0.15, -0.1) is 10.2 Å². The lowest BCUT2D eigenvalue weighted by atomic mass is 10.0. The summed E-state index contributed by atoms with van der Waals surface area (Å²) in [6.07, 6.45) is 5.23. The molecule has 0 bridgehead atoms. The lowest BCUT2D eigenvalue weighted by molar-refractivity contribution is 0.180. The number of H-pyrrole nitrogens is 1. The van der Waals surface area contributed by atoms with Gasteiger partial charge in [-0.1, -0.05) is 66.7 Å². The number of aromatic nitrogens is 7. The average Bonchev–Trinajstić information content (AvgIpc) is 3.38. The van der Waals surface area contributed by atoms with Gasteiger partial charge >= 0.3 is 5.69 Å². The number of para-hydroxylation sites is 2. The van der Waals surface area contributed by atoms with E-state index in [9.17, 15) is 4.79 Å². The number of rotatable bonds is 6. The minimum absolute atomic E-state index is 0.0173. The summed E-state index contributed by atoms with van der Waals surface area (Å²) < 4.78 is 1.94. The van der Waals surface area contributed by atoms with Crippen LogP contribution in [0.15, 0.2) is 102 Å². The summed E-state index contributed by atoms with van der Waals surface area (Å²) >= 11 is 0. The molecule has 0 atom stereocenters. The summed E-state index contributed by atoms with van der Waals surface area (Å²) in [4.78, 5) is 31.6. The topological polar surface area (TPSA) is 105 Å². The first-order valence-electron chi connectivity index (χ1n) is 13.8. The third-order valence-electron chi connectivity index (χ3n) is 7.68. The molecule has 3 aromatic carbocycles. The highest BCUT2D eigenvalue weighted by Crippen LogP contribution is 2.30. The van der Waals surface area contributed by atoms with Crippen LogP contribution in [0.3, 0.4) is 0 Å². The summed E-state index contributed by atoms with van der Waals surface area (Å²) in [5.41, 5.74) is 6.46. The van der Waals surface area contributed by atoms with E-state index < -0.39 is 0 Å². The second-order valence-corrected chi connectivity index (χ2v) is 10.3. The monoisotopic (exact) mass is 540 g/mol. The second-order valence-electron chi connectivity index (χ2n) is 10.3. The van der Waals surface area contributed by atoms with Crippen LogP contribution in [0.4, 0.5) is 0 Å². The van der Waals surface area contributed by atoms with Gasteiger partial charge in [-0.05, 0) is 36.6 Å². The van der Waals surface area contributed by atoms with E-state index in [1.165, 1.54) is 5.56 Å². The number of piperidine rings is 1. The van der Waals surface area contributed by atoms with Gasteiger partial charge in [0.25, 0.3) is 0 Å². The zero-order chi connectivity index (χ0) is 27.6. The Kier molecular flexibility index (Phi) is 6.62. The standard InChI is InChI=1S/C32H28N8O/c41-32-35-26-9-4-5-10-27(26)40(32)25-15-19-39(20-16-25)21-22-11-13-24(14-12-22)28-29(23-7-2-1-3-8-23)37-38-31(36-28)30-33-17-6-18-34-30/h1-14,17-18,25H,15-16,19-21H2,(H,35,41). The smallest absolute Gasteiger partial charge is 0.306 e. The highest BCUT2D eigenvalue weighted by atomic mass is 16.1. The maximum atomic E-state index is 12.6. The van der Waals surface area contributed by atoms with Crippen molar-refractivity contribution in [2.75, 3.05) is 13.1 Å². The molecule has 1 aliphatic rings. The van der Waals surface area contributed by atoms with Crippen LogP contribution in [0.25, 0.3) is 45.2 Å². The highest BCUT2D eigenvalue weighted by Gasteiger charge is 2.24. The summed E-state index contributed by atoms with van der Waals surface area (Å²) in [6.45, 7) is 2.73. The van der Waals surface area contributed by atoms with E-state index in [1.807, 2.05) is 59.2 Å². The molecule has 0 unspecified atom stereocenters. The molecular formula is C32H28N8O. The minimum Gasteiger partial charge on any atom is -0.306 e. The van der Waals surface area contributed by atoms with Crippen molar-refractivity contribution in [1.82, 2.24) is 39.6 Å². The number of likely N-dealkylation sites (tertiary alicyclic amines) is 1. The van der Waals surface area contributed by atoms with Crippen molar-refractivity contribution in [2.24, 2.45) is 0 Å². The van der Waals surface area contributed by atoms with Crippen molar-refractivity contribution < 1.29 is 0 Å². The molecule has 0 amide bonds. The van der Waals surface area contributed by atoms with E-state index in [0.29, 0.717) is 17.3 Å². The van der Waals surface area contributed by atoms with Gasteiger partial charge in [0.15, 0.2) is 5.82 Å². The lowest BCUT2D eigenvalue weighted by Gasteiger charge is -2.32. The molecule has 1 N–H and O–H groups in total. The molecule has 6 aromatic rings. The third-order valence-corrected chi connectivity index (χ3v) is 7.68. The predicted octanol–water partition coefficient (Wildman–Crippen LogP) is 5.14. The number of aromatic amines is 1. The Morgan fingerprint density at radius 3 is 2.22 bits per heavy atom. The molecule has 9 nitrogen and oxygen atoms in total. The van der Waals surface area contributed by atoms with E-state index >= 15 is 0 Å². The first-order valence-corrected chi connectivity index (χ1v) is 13.8. The summed E-state index contributed by atoms with van der Waals surface area (Å²) in [5.74, 6) is 0.831. The van der Waals surface area contributed by atoms with Gasteiger partial charge < -0.3 is 4.98 Å². The quantitative estimate of drug-likeness (QED) is 0.312. The van der Waals surface area contributed by atoms with Gasteiger partial charge in [0, 0.05) is 49.2 Å². The maximum absolute atomic E-state index is 12.6. The number of hydrogen-bond donors (Lipinski definition) is 1. The van der Waals surface area contributed by atoms with E-state index in [0.717, 1.165) is 60.3 Å². The summed E-state index contributed by atoms with van der Waals surface area (Å²) in [6, 6.07) is 28.4. The van der Waals surface area contributed by atoms with E-state index in [2.05, 4.69) is 54.3 Å². The first-order chi connectivity index (χ1) is 20.2. The number of imidazole rings is 1. The molecule has 9 heteroatoms. The molecule has 1 aliphatic heterocycles. The number of nitrogens with zero attached hydrogens (tertiary/aromatic N) is 7. The summed E-state index contributed by atoms with van der Waals surface area (Å²) in [5, 5.41) is 8.88. The van der Waals surface area contributed by atoms with Crippen molar-refractivity contribution in [3.63, 3.8) is 0 Å². The van der Waals surface area contributed by atoms with Crippen LogP contribution in [0.1, 0.15) is 24.4 Å². The molecule has 0 spiro atoms. The van der Waals surface area contributed by atoms with Gasteiger partial charge in [0.05, 0.1) is 11.0 Å². The van der Waals surface area contributed by atoms with Gasteiger partial charge in [-0.2, -0.15) is 0 Å². The molecule has 0 aliphatic carbocycles. The van der Waals surface area contributed by atoms with Crippen LogP contribution in [-0.2, 0) is 6.54 Å². The molecule has 1 saturated heterocycles. The average molecular weight is 541 g/mol. The number of nitrogens with one attached hydrogen (secondary N) is 1. The SMILES string of the molecule is O=c1[nH]c2ccccc2n1C1CCN(Cc2ccc(-c3nc(-c4ncccn4)nnc3-c3ccccc3)cc2)CC1. The van der Waals surface area contributed by atoms with Crippen molar-refractivity contribution in [2.45, 2.75) is 25.4 Å². The number of fused-ring (bicyclic) bond motifs is 1. The molecule has 3 aromatic heterocycles. The Morgan fingerprint density at radius 2 is 1.44 bits per heavy atom. The Bertz CT molecular complexity index is 1840. The zero-order valence-corrected chi connectivity index (χ0v) is 22.4. The highest BCUT2D eigenvalue weighted by molar-refractivity contribution is 5.78. The van der Waals surface area contributed by atoms with E-state index in [-0.39, 0.29) is 11.7 Å². The predicted molar refractivity (Wildman–Crippen MR) is 158 cm³/mol. The lowest BCUT2D eigenvalue weighted by Crippen LogP contribution is -2.36. The van der Waals surface area contributed by atoms with Gasteiger partial charge in [0.1, 0.15) is 11.4 Å². The molecule has 4 heterocycles. The van der Waals surface area contributed by atoms with E-state index in [1.54, 1.807) is 18.5 Å². The van der Waals surface area contributed by atoms with Crippen LogP contribution in [0.5, 0.6) is 0 Å². The van der Waals surface area contributed by atoms with Crippen molar-refractivity contribution in [3.05, 3.63) is 113 Å². The Morgan fingerprint density at radius 1 is 0.732 bits per heavy atom. The van der Waals surface area contributed by atoms with Gasteiger partial charge in [0.2, 0.25) is 5.82 Å². The zero-order valence-electron chi connectivity index (χ0n) is 22.4. The fourth-order valence-electron chi connectivity index (χ4n) is 5.63. The van der Waals surface area contributed by atoms with Crippen LogP contribution in [-0.4, -0.2) is 52.7 Å². The van der Waals surface area contributed by atoms with Gasteiger partial charge in [-0.3, -0.25) is 9.47 Å². The number of benzene rings is 3. The minimum atomic E-state index is -0.0173. The van der Waals surface area contributed by atoms with Gasteiger partial charge in [-0.25, -0.2) is 19.7 Å². The van der Waals surface area contributed by atoms with Crippen LogP contribution in [0.2, 0.25) is 0 Å². The van der Waals surface area contributed by atoms with E-state index in [4.69, 9.17) is 4.98 Å². The molecule has 0 radical (unpaired) electrons. The van der Waals surface area contributed by atoms with Crippen LogP contribution < -0.4 is 5.69 Å². The molecule has 41 heavy (non-hydrogen) atoms. The summed E-state index contributed by atoms with van der Waals surface area (Å²) in [7, 11) is 0. The second kappa shape index (κ2) is 10.9. The molecule has 7 rings (SSSR count). The largest absolute Gasteiger partial charge is 0.326 e. The van der Waals surface area contributed by atoms with Crippen molar-refractivity contribution in [1.29, 1.82) is 0 Å². The first kappa shape index (κ1) is 25.0. The molecule has 1 fully saturated rings. The molecule has 0 saturated carbocycles.